The van der Waals surface area contributed by atoms with Gasteiger partial charge in [0.05, 0.1) is 11.3 Å². The van der Waals surface area contributed by atoms with Crippen LogP contribution in [0.25, 0.3) is 6.08 Å². The molecular weight excluding hydrogens is 334 g/mol. The first-order chi connectivity index (χ1) is 12.3. The van der Waals surface area contributed by atoms with Crippen molar-refractivity contribution in [2.45, 2.75) is 6.42 Å². The molecule has 0 spiro atoms. The molecule has 26 heavy (non-hydrogen) atoms. The van der Waals surface area contributed by atoms with Gasteiger partial charge >= 0.3 is 0 Å². The fourth-order valence-electron chi connectivity index (χ4n) is 2.10. The monoisotopic (exact) mass is 353 g/mol. The third-order valence-electron chi connectivity index (χ3n) is 3.61. The largest absolute Gasteiger partial charge is 0.349 e. The number of anilines is 1. The Morgan fingerprint density at radius 2 is 1.69 bits per heavy atom. The number of amides is 2. The number of carbonyl (C=O) groups excluding carboxylic acids is 2. The van der Waals surface area contributed by atoms with Crippen molar-refractivity contribution in [2.75, 3.05) is 19.4 Å². The van der Waals surface area contributed by atoms with Gasteiger partial charge in [-0.2, -0.15) is 0 Å². The van der Waals surface area contributed by atoms with Crippen LogP contribution in [0.3, 0.4) is 0 Å². The summed E-state index contributed by atoms with van der Waals surface area (Å²) in [5.74, 6) is -0.312. The number of benzene rings is 2. The lowest BCUT2D eigenvalue weighted by atomic mass is 10.1. The highest BCUT2D eigenvalue weighted by Crippen LogP contribution is 2.14. The molecule has 0 aliphatic rings. The topological polar surface area (TPSA) is 92.6 Å². The Morgan fingerprint density at radius 3 is 2.23 bits per heavy atom. The van der Waals surface area contributed by atoms with Gasteiger partial charge in [0.25, 0.3) is 5.69 Å². The number of nitro benzene ring substituents is 1. The van der Waals surface area contributed by atoms with Crippen LogP contribution in [0.5, 0.6) is 0 Å². The maximum Gasteiger partial charge on any atom is 0.269 e. The number of nitrogens with zero attached hydrogens (tertiary/aromatic N) is 2. The summed E-state index contributed by atoms with van der Waals surface area (Å²) in [5, 5.41) is 13.3. The zero-order valence-corrected chi connectivity index (χ0v) is 14.5. The average Bonchev–Trinajstić information content (AvgIpc) is 2.62. The molecule has 0 bridgehead atoms. The highest BCUT2D eigenvalue weighted by molar-refractivity contribution is 6.01. The smallest absolute Gasteiger partial charge is 0.269 e. The molecule has 2 aromatic rings. The average molecular weight is 353 g/mol. The molecule has 7 nitrogen and oxygen atoms in total. The van der Waals surface area contributed by atoms with Crippen LogP contribution >= 0.6 is 0 Å². The van der Waals surface area contributed by atoms with Crippen LogP contribution in [-0.4, -0.2) is 35.7 Å². The number of hydrogen-bond donors (Lipinski definition) is 1. The summed E-state index contributed by atoms with van der Waals surface area (Å²) < 4.78 is 0. The molecule has 0 radical (unpaired) electrons. The number of non-ortho nitro benzene ring substituents is 1. The summed E-state index contributed by atoms with van der Waals surface area (Å²) in [6, 6.07) is 12.9. The van der Waals surface area contributed by atoms with E-state index in [4.69, 9.17) is 0 Å². The number of carbonyl (C=O) groups is 2. The van der Waals surface area contributed by atoms with Crippen molar-refractivity contribution in [2.24, 2.45) is 0 Å². The summed E-state index contributed by atoms with van der Waals surface area (Å²) in [6.45, 7) is 0. The van der Waals surface area contributed by atoms with Gasteiger partial charge in [0.1, 0.15) is 0 Å². The number of hydrogen-bond acceptors (Lipinski definition) is 4. The van der Waals surface area contributed by atoms with Gasteiger partial charge in [0, 0.05) is 38.0 Å². The second-order valence-corrected chi connectivity index (χ2v) is 5.83. The zero-order valence-electron chi connectivity index (χ0n) is 14.5. The van der Waals surface area contributed by atoms with Crippen LogP contribution in [0, 0.1) is 10.1 Å². The number of rotatable bonds is 6. The Morgan fingerprint density at radius 1 is 1.08 bits per heavy atom. The molecule has 0 aliphatic heterocycles. The molecule has 2 amide bonds. The molecule has 7 heteroatoms. The Bertz CT molecular complexity index is 825. The van der Waals surface area contributed by atoms with Crippen molar-refractivity contribution in [3.63, 3.8) is 0 Å². The van der Waals surface area contributed by atoms with Crippen molar-refractivity contribution < 1.29 is 14.5 Å². The Balaban J connectivity index is 1.92. The standard InChI is InChI=1S/C19H19N3O4/c1-21(2)19(24)13-15-3-8-16(9-4-15)20-18(23)12-7-14-5-10-17(11-6-14)22(25)26/h3-12H,13H2,1-2H3,(H,20,23)/b12-7+. The van der Waals surface area contributed by atoms with E-state index in [-0.39, 0.29) is 17.5 Å². The van der Waals surface area contributed by atoms with Crippen LogP contribution in [-0.2, 0) is 16.0 Å². The minimum absolute atomic E-state index is 0.000519. The van der Waals surface area contributed by atoms with Crippen molar-refractivity contribution in [3.8, 4) is 0 Å². The normalized spacial score (nSPS) is 10.5. The summed E-state index contributed by atoms with van der Waals surface area (Å²) in [6.07, 6.45) is 3.23. The summed E-state index contributed by atoms with van der Waals surface area (Å²) in [7, 11) is 3.41. The van der Waals surface area contributed by atoms with Gasteiger partial charge in [-0.05, 0) is 41.5 Å². The van der Waals surface area contributed by atoms with Crippen molar-refractivity contribution >= 4 is 29.3 Å². The first kappa shape index (κ1) is 18.9. The van der Waals surface area contributed by atoms with Crippen molar-refractivity contribution in [3.05, 3.63) is 75.8 Å². The van der Waals surface area contributed by atoms with Gasteiger partial charge in [0.15, 0.2) is 0 Å². The SMILES string of the molecule is CN(C)C(=O)Cc1ccc(NC(=O)/C=C/c2ccc([N+](=O)[O-])cc2)cc1. The molecule has 2 aromatic carbocycles. The first-order valence-electron chi connectivity index (χ1n) is 7.88. The lowest BCUT2D eigenvalue weighted by molar-refractivity contribution is -0.384. The fourth-order valence-corrected chi connectivity index (χ4v) is 2.10. The molecule has 134 valence electrons. The third kappa shape index (κ3) is 5.55. The molecule has 0 saturated heterocycles. The van der Waals surface area contributed by atoms with E-state index in [0.29, 0.717) is 17.7 Å². The minimum atomic E-state index is -0.476. The fraction of sp³-hybridized carbons (Fsp3) is 0.158. The molecule has 0 aromatic heterocycles. The summed E-state index contributed by atoms with van der Waals surface area (Å²) in [5.41, 5.74) is 2.16. The van der Waals surface area contributed by atoms with Gasteiger partial charge in [-0.3, -0.25) is 19.7 Å². The molecule has 0 atom stereocenters. The van der Waals surface area contributed by atoms with E-state index < -0.39 is 4.92 Å². The predicted molar refractivity (Wildman–Crippen MR) is 99.6 cm³/mol. The van der Waals surface area contributed by atoms with Gasteiger partial charge in [-0.25, -0.2) is 0 Å². The Kier molecular flexibility index (Phi) is 6.21. The maximum atomic E-state index is 11.9. The first-order valence-corrected chi connectivity index (χ1v) is 7.88. The molecule has 0 fully saturated rings. The van der Waals surface area contributed by atoms with E-state index in [2.05, 4.69) is 5.32 Å². The van der Waals surface area contributed by atoms with Crippen LogP contribution in [0.2, 0.25) is 0 Å². The van der Waals surface area contributed by atoms with Gasteiger partial charge in [-0.15, -0.1) is 0 Å². The van der Waals surface area contributed by atoms with Crippen LogP contribution < -0.4 is 5.32 Å². The summed E-state index contributed by atoms with van der Waals surface area (Å²) >= 11 is 0. The number of likely N-dealkylation sites (N-methyl/N-ethyl adjacent to an activating group) is 1. The van der Waals surface area contributed by atoms with Crippen LogP contribution in [0.4, 0.5) is 11.4 Å². The van der Waals surface area contributed by atoms with E-state index >= 15 is 0 Å². The van der Waals surface area contributed by atoms with Crippen molar-refractivity contribution in [1.29, 1.82) is 0 Å². The zero-order chi connectivity index (χ0) is 19.1. The van der Waals surface area contributed by atoms with E-state index in [1.165, 1.54) is 23.1 Å². The Hall–Kier alpha value is -3.48. The molecule has 0 saturated carbocycles. The minimum Gasteiger partial charge on any atom is -0.349 e. The van der Waals surface area contributed by atoms with Crippen LogP contribution in [0.15, 0.2) is 54.6 Å². The maximum absolute atomic E-state index is 11.9. The predicted octanol–water partition coefficient (Wildman–Crippen LogP) is 2.88. The number of nitro groups is 1. The van der Waals surface area contributed by atoms with Crippen LogP contribution in [0.1, 0.15) is 11.1 Å². The Labute approximate surface area is 151 Å². The quantitative estimate of drug-likeness (QED) is 0.491. The molecule has 2 rings (SSSR count). The lowest BCUT2D eigenvalue weighted by Gasteiger charge is -2.10. The van der Waals surface area contributed by atoms with E-state index in [9.17, 15) is 19.7 Å². The van der Waals surface area contributed by atoms with Gasteiger partial charge in [0.2, 0.25) is 11.8 Å². The molecular formula is C19H19N3O4. The lowest BCUT2D eigenvalue weighted by Crippen LogP contribution is -2.23. The highest BCUT2D eigenvalue weighted by atomic mass is 16.6. The van der Waals surface area contributed by atoms with Gasteiger partial charge in [-0.1, -0.05) is 12.1 Å². The van der Waals surface area contributed by atoms with Crippen molar-refractivity contribution in [1.82, 2.24) is 4.90 Å². The highest BCUT2D eigenvalue weighted by Gasteiger charge is 2.06. The number of nitrogens with one attached hydrogen (secondary N) is 1. The molecule has 0 unspecified atom stereocenters. The molecule has 0 aliphatic carbocycles. The third-order valence-corrected chi connectivity index (χ3v) is 3.61. The van der Waals surface area contributed by atoms with E-state index in [0.717, 1.165) is 5.56 Å². The second-order valence-electron chi connectivity index (χ2n) is 5.83. The second kappa shape index (κ2) is 8.57. The molecule has 1 N–H and O–H groups in total. The summed E-state index contributed by atoms with van der Waals surface area (Å²) in [4.78, 5) is 35.3. The van der Waals surface area contributed by atoms with E-state index in [1.807, 2.05) is 0 Å². The van der Waals surface area contributed by atoms with Gasteiger partial charge < -0.3 is 10.2 Å². The van der Waals surface area contributed by atoms with E-state index in [1.54, 1.807) is 56.6 Å². The molecule has 0 heterocycles.